The molecule has 0 aliphatic carbocycles. The van der Waals surface area contributed by atoms with E-state index in [2.05, 4.69) is 37.5 Å². The first-order valence-corrected chi connectivity index (χ1v) is 9.24. The number of pyridine rings is 1. The number of nitrogens with one attached hydrogen (secondary N) is 1. The molecule has 0 bridgehead atoms. The Morgan fingerprint density at radius 2 is 2.38 bits per heavy atom. The van der Waals surface area contributed by atoms with Crippen molar-refractivity contribution in [2.45, 2.75) is 24.5 Å². The van der Waals surface area contributed by atoms with Crippen LogP contribution in [0.3, 0.4) is 0 Å². The van der Waals surface area contributed by atoms with E-state index in [1.165, 1.54) is 6.20 Å². The van der Waals surface area contributed by atoms with E-state index in [0.29, 0.717) is 24.2 Å². The van der Waals surface area contributed by atoms with E-state index >= 15 is 0 Å². The Hall–Kier alpha value is -0.540. The van der Waals surface area contributed by atoms with Gasteiger partial charge in [0.15, 0.2) is 5.03 Å². The molecule has 21 heavy (non-hydrogen) atoms. The van der Waals surface area contributed by atoms with Crippen molar-refractivity contribution in [2.75, 3.05) is 32.8 Å². The summed E-state index contributed by atoms with van der Waals surface area (Å²) in [7, 11) is -3.58. The fraction of sp³-hybridized carbons (Fsp3) is 0.615. The molecular formula is C13H20BrN3O3S. The average molecular weight is 378 g/mol. The Morgan fingerprint density at radius 3 is 3.10 bits per heavy atom. The molecule has 1 fully saturated rings. The van der Waals surface area contributed by atoms with E-state index in [1.54, 1.807) is 12.1 Å². The van der Waals surface area contributed by atoms with Crippen LogP contribution < -0.4 is 4.72 Å². The highest BCUT2D eigenvalue weighted by Crippen LogP contribution is 2.18. The maximum absolute atomic E-state index is 12.2. The largest absolute Gasteiger partial charge is 0.376 e. The Morgan fingerprint density at radius 1 is 1.57 bits per heavy atom. The van der Waals surface area contributed by atoms with Gasteiger partial charge in [-0.1, -0.05) is 6.92 Å². The lowest BCUT2D eigenvalue weighted by molar-refractivity contribution is -0.0287. The van der Waals surface area contributed by atoms with Gasteiger partial charge < -0.3 is 4.74 Å². The summed E-state index contributed by atoms with van der Waals surface area (Å²) in [5.41, 5.74) is 0. The molecule has 0 saturated carbocycles. The Balaban J connectivity index is 1.87. The molecule has 1 saturated heterocycles. The number of ether oxygens (including phenoxy) is 1. The van der Waals surface area contributed by atoms with Crippen molar-refractivity contribution in [3.05, 3.63) is 22.8 Å². The number of aromatic nitrogens is 1. The van der Waals surface area contributed by atoms with Crippen LogP contribution in [0.2, 0.25) is 0 Å². The molecule has 8 heteroatoms. The van der Waals surface area contributed by atoms with Crippen molar-refractivity contribution < 1.29 is 13.2 Å². The quantitative estimate of drug-likeness (QED) is 0.807. The van der Waals surface area contributed by atoms with Crippen molar-refractivity contribution in [1.82, 2.24) is 14.6 Å². The molecule has 1 N–H and O–H groups in total. The average Bonchev–Trinajstić information content (AvgIpc) is 2.47. The predicted molar refractivity (Wildman–Crippen MR) is 83.6 cm³/mol. The van der Waals surface area contributed by atoms with Gasteiger partial charge in [0.05, 0.1) is 17.2 Å². The van der Waals surface area contributed by atoms with Gasteiger partial charge in [0.1, 0.15) is 0 Å². The van der Waals surface area contributed by atoms with Crippen LogP contribution in [0.15, 0.2) is 27.8 Å². The SMILES string of the molecule is CCC1CN(CCNS(=O)(=O)c2ncccc2Br)CCO1. The predicted octanol–water partition coefficient (Wildman–Crippen LogP) is 1.23. The lowest BCUT2D eigenvalue weighted by Gasteiger charge is -2.32. The van der Waals surface area contributed by atoms with Gasteiger partial charge >= 0.3 is 0 Å². The minimum absolute atomic E-state index is 0.0263. The summed E-state index contributed by atoms with van der Waals surface area (Å²) in [6, 6.07) is 3.34. The second-order valence-corrected chi connectivity index (χ2v) is 7.43. The van der Waals surface area contributed by atoms with Crippen LogP contribution >= 0.6 is 15.9 Å². The zero-order valence-corrected chi connectivity index (χ0v) is 14.4. The van der Waals surface area contributed by atoms with Crippen LogP contribution in [0.4, 0.5) is 0 Å². The van der Waals surface area contributed by atoms with E-state index < -0.39 is 10.0 Å². The Kier molecular flexibility index (Phi) is 6.12. The molecule has 0 amide bonds. The van der Waals surface area contributed by atoms with Crippen LogP contribution in [0.1, 0.15) is 13.3 Å². The molecular weight excluding hydrogens is 358 g/mol. The first-order chi connectivity index (χ1) is 10.0. The maximum Gasteiger partial charge on any atom is 0.259 e. The van der Waals surface area contributed by atoms with Gasteiger partial charge in [0.25, 0.3) is 10.0 Å². The summed E-state index contributed by atoms with van der Waals surface area (Å²) in [6.07, 6.45) is 2.69. The highest BCUT2D eigenvalue weighted by Gasteiger charge is 2.21. The van der Waals surface area contributed by atoms with E-state index in [4.69, 9.17) is 4.74 Å². The Labute approximate surface area is 134 Å². The number of hydrogen-bond acceptors (Lipinski definition) is 5. The summed E-state index contributed by atoms with van der Waals surface area (Å²) in [6.45, 7) is 5.52. The summed E-state index contributed by atoms with van der Waals surface area (Å²) in [5, 5.41) is 0.0263. The zero-order chi connectivity index (χ0) is 15.3. The number of morpholine rings is 1. The lowest BCUT2D eigenvalue weighted by atomic mass is 10.2. The summed E-state index contributed by atoms with van der Waals surface area (Å²) >= 11 is 3.21. The molecule has 1 unspecified atom stereocenters. The highest BCUT2D eigenvalue weighted by molar-refractivity contribution is 9.10. The molecule has 1 aliphatic heterocycles. The Bertz CT molecular complexity index is 568. The second kappa shape index (κ2) is 7.64. The standard InChI is InChI=1S/C13H20BrN3O3S/c1-2-11-10-17(8-9-20-11)7-6-16-21(18,19)13-12(14)4-3-5-15-13/h3-5,11,16H,2,6-10H2,1H3. The molecule has 1 aromatic rings. The molecule has 0 spiro atoms. The first-order valence-electron chi connectivity index (χ1n) is 6.97. The normalized spacial score (nSPS) is 20.6. The molecule has 2 rings (SSSR count). The fourth-order valence-corrected chi connectivity index (χ4v) is 4.12. The van der Waals surface area contributed by atoms with Crippen molar-refractivity contribution in [2.24, 2.45) is 0 Å². The van der Waals surface area contributed by atoms with Crippen LogP contribution in [0.25, 0.3) is 0 Å². The minimum atomic E-state index is -3.58. The van der Waals surface area contributed by atoms with Crippen molar-refractivity contribution >= 4 is 26.0 Å². The van der Waals surface area contributed by atoms with Crippen LogP contribution in [-0.2, 0) is 14.8 Å². The van der Waals surface area contributed by atoms with Gasteiger partial charge in [-0.05, 0) is 34.5 Å². The number of hydrogen-bond donors (Lipinski definition) is 1. The number of rotatable bonds is 6. The smallest absolute Gasteiger partial charge is 0.259 e. The molecule has 2 heterocycles. The van der Waals surface area contributed by atoms with Gasteiger partial charge in [-0.15, -0.1) is 0 Å². The summed E-state index contributed by atoms with van der Waals surface area (Å²) < 4.78 is 33.0. The number of halogens is 1. The molecule has 0 aromatic carbocycles. The first kappa shape index (κ1) is 16.8. The molecule has 118 valence electrons. The number of sulfonamides is 1. The van der Waals surface area contributed by atoms with Gasteiger partial charge in [0, 0.05) is 32.4 Å². The van der Waals surface area contributed by atoms with Crippen LogP contribution in [0, 0.1) is 0 Å². The van der Waals surface area contributed by atoms with Gasteiger partial charge in [-0.2, -0.15) is 0 Å². The third kappa shape index (κ3) is 4.72. The maximum atomic E-state index is 12.2. The number of nitrogens with zero attached hydrogens (tertiary/aromatic N) is 2. The highest BCUT2D eigenvalue weighted by atomic mass is 79.9. The topological polar surface area (TPSA) is 71.5 Å². The summed E-state index contributed by atoms with van der Waals surface area (Å²) in [5.74, 6) is 0. The van der Waals surface area contributed by atoms with Crippen molar-refractivity contribution in [3.8, 4) is 0 Å². The molecule has 1 atom stereocenters. The lowest BCUT2D eigenvalue weighted by Crippen LogP contribution is -2.45. The minimum Gasteiger partial charge on any atom is -0.376 e. The fourth-order valence-electron chi connectivity index (χ4n) is 2.21. The van der Waals surface area contributed by atoms with Crippen LogP contribution in [0.5, 0.6) is 0 Å². The van der Waals surface area contributed by atoms with Crippen molar-refractivity contribution in [1.29, 1.82) is 0 Å². The molecule has 6 nitrogen and oxygen atoms in total. The van der Waals surface area contributed by atoms with Crippen molar-refractivity contribution in [3.63, 3.8) is 0 Å². The van der Waals surface area contributed by atoms with Gasteiger partial charge in [-0.3, -0.25) is 4.90 Å². The molecule has 0 radical (unpaired) electrons. The van der Waals surface area contributed by atoms with E-state index in [0.717, 1.165) is 19.5 Å². The van der Waals surface area contributed by atoms with Crippen LogP contribution in [-0.4, -0.2) is 57.2 Å². The van der Waals surface area contributed by atoms with E-state index in [-0.39, 0.29) is 11.1 Å². The van der Waals surface area contributed by atoms with Gasteiger partial charge in [0.2, 0.25) is 0 Å². The monoisotopic (exact) mass is 377 g/mol. The second-order valence-electron chi connectivity index (χ2n) is 4.89. The third-order valence-electron chi connectivity index (χ3n) is 3.38. The molecule has 1 aromatic heterocycles. The van der Waals surface area contributed by atoms with E-state index in [9.17, 15) is 8.42 Å². The molecule has 1 aliphatic rings. The van der Waals surface area contributed by atoms with E-state index in [1.807, 2.05) is 0 Å². The zero-order valence-electron chi connectivity index (χ0n) is 12.0. The summed E-state index contributed by atoms with van der Waals surface area (Å²) in [4.78, 5) is 6.13. The van der Waals surface area contributed by atoms with Gasteiger partial charge in [-0.25, -0.2) is 18.1 Å². The third-order valence-corrected chi connectivity index (χ3v) is 5.70.